The van der Waals surface area contributed by atoms with E-state index in [1.165, 1.54) is 27.9 Å². The first-order chi connectivity index (χ1) is 13.3. The van der Waals surface area contributed by atoms with Crippen LogP contribution in [0.5, 0.6) is 5.75 Å². The van der Waals surface area contributed by atoms with Gasteiger partial charge >= 0.3 is 0 Å². The second-order valence-corrected chi connectivity index (χ2v) is 8.32. The molecule has 0 fully saturated rings. The maximum atomic E-state index is 5.55. The lowest BCUT2D eigenvalue weighted by atomic mass is 9.93. The van der Waals surface area contributed by atoms with E-state index in [2.05, 4.69) is 81.5 Å². The van der Waals surface area contributed by atoms with Crippen molar-refractivity contribution in [3.05, 3.63) is 83.9 Å². The molecule has 0 saturated heterocycles. The zero-order valence-corrected chi connectivity index (χ0v) is 17.7. The van der Waals surface area contributed by atoms with Crippen LogP contribution in [0.3, 0.4) is 0 Å². The number of alkyl halides is 1. The van der Waals surface area contributed by atoms with Crippen LogP contribution >= 0.6 is 27.7 Å². The van der Waals surface area contributed by atoms with Crippen LogP contribution in [0.2, 0.25) is 0 Å². The predicted molar refractivity (Wildman–Crippen MR) is 120 cm³/mol. The van der Waals surface area contributed by atoms with Crippen molar-refractivity contribution in [2.45, 2.75) is 11.1 Å². The highest BCUT2D eigenvalue weighted by Gasteiger charge is 2.30. The molecule has 0 aromatic heterocycles. The van der Waals surface area contributed by atoms with Crippen molar-refractivity contribution in [1.29, 1.82) is 0 Å². The number of benzene rings is 3. The smallest absolute Gasteiger partial charge is 0.122 e. The van der Waals surface area contributed by atoms with Gasteiger partial charge in [-0.2, -0.15) is 0 Å². The summed E-state index contributed by atoms with van der Waals surface area (Å²) in [5.74, 6) is 1.87. The molecule has 0 bridgehead atoms. The normalized spacial score (nSPS) is 15.2. The molecule has 1 aliphatic rings. The summed E-state index contributed by atoms with van der Waals surface area (Å²) in [5, 5.41) is 1.22. The number of nitrogens with zero attached hydrogens (tertiary/aromatic N) is 1. The molecule has 1 heterocycles. The second-order valence-electron chi connectivity index (χ2n) is 6.46. The lowest BCUT2D eigenvalue weighted by Crippen LogP contribution is -2.32. The lowest BCUT2D eigenvalue weighted by molar-refractivity contribution is 0.411. The molecule has 0 saturated carbocycles. The number of methoxy groups -OCH3 is 1. The average molecular weight is 440 g/mol. The van der Waals surface area contributed by atoms with E-state index < -0.39 is 0 Å². The summed E-state index contributed by atoms with van der Waals surface area (Å²) in [6.07, 6.45) is 0. The Morgan fingerprint density at radius 3 is 2.44 bits per heavy atom. The molecule has 4 rings (SSSR count). The van der Waals surface area contributed by atoms with Crippen molar-refractivity contribution in [3.8, 4) is 16.9 Å². The number of anilines is 1. The summed E-state index contributed by atoms with van der Waals surface area (Å²) in [5.41, 5.74) is 6.60. The molecular formula is C23H22BrNOS. The van der Waals surface area contributed by atoms with Crippen molar-refractivity contribution in [2.75, 3.05) is 23.9 Å². The third-order valence-corrected chi connectivity index (χ3v) is 6.58. The Hall–Kier alpha value is -1.91. The van der Waals surface area contributed by atoms with E-state index in [9.17, 15) is 0 Å². The van der Waals surface area contributed by atoms with Crippen LogP contribution in [0.25, 0.3) is 11.1 Å². The van der Waals surface area contributed by atoms with E-state index in [4.69, 9.17) is 4.74 Å². The second kappa shape index (κ2) is 8.41. The first-order valence-electron chi connectivity index (χ1n) is 9.08. The van der Waals surface area contributed by atoms with E-state index in [1.54, 1.807) is 7.11 Å². The number of rotatable bonds is 6. The number of thioether (sulfide) groups is 1. The van der Waals surface area contributed by atoms with Crippen LogP contribution in [0, 0.1) is 0 Å². The van der Waals surface area contributed by atoms with Gasteiger partial charge in [-0.05, 0) is 23.3 Å². The first-order valence-corrected chi connectivity index (χ1v) is 11.2. The molecule has 2 nitrogen and oxygen atoms in total. The number of hydrogen-bond acceptors (Lipinski definition) is 3. The fourth-order valence-electron chi connectivity index (χ4n) is 3.70. The molecule has 0 amide bonds. The summed E-state index contributed by atoms with van der Waals surface area (Å²) < 4.78 is 5.55. The summed E-state index contributed by atoms with van der Waals surface area (Å²) >= 11 is 5.61. The van der Waals surface area contributed by atoms with E-state index in [-0.39, 0.29) is 5.37 Å². The van der Waals surface area contributed by atoms with Gasteiger partial charge in [0.2, 0.25) is 0 Å². The van der Waals surface area contributed by atoms with Gasteiger partial charge in [-0.1, -0.05) is 76.6 Å². The van der Waals surface area contributed by atoms with Gasteiger partial charge in [-0.3, -0.25) is 0 Å². The molecule has 0 N–H and O–H groups in total. The minimum Gasteiger partial charge on any atom is -0.496 e. The fraction of sp³-hybridized carbons (Fsp3) is 0.217. The van der Waals surface area contributed by atoms with Crippen LogP contribution in [0.1, 0.15) is 16.5 Å². The van der Waals surface area contributed by atoms with Gasteiger partial charge < -0.3 is 9.64 Å². The summed E-state index contributed by atoms with van der Waals surface area (Å²) in [6, 6.07) is 25.8. The highest BCUT2D eigenvalue weighted by molar-refractivity contribution is 9.09. The summed E-state index contributed by atoms with van der Waals surface area (Å²) in [6.45, 7) is 0.967. The maximum absolute atomic E-state index is 5.55. The SMILES string of the molecule is COc1ccccc1CSC1c2ccccc2-c2ccccc2N1CCBr. The molecule has 3 aromatic rings. The Morgan fingerprint density at radius 1 is 0.926 bits per heavy atom. The average Bonchev–Trinajstić information content (AvgIpc) is 2.73. The van der Waals surface area contributed by atoms with Crippen molar-refractivity contribution in [1.82, 2.24) is 0 Å². The van der Waals surface area contributed by atoms with Crippen molar-refractivity contribution in [2.24, 2.45) is 0 Å². The maximum Gasteiger partial charge on any atom is 0.122 e. The third-order valence-electron chi connectivity index (χ3n) is 4.93. The van der Waals surface area contributed by atoms with Crippen molar-refractivity contribution >= 4 is 33.4 Å². The van der Waals surface area contributed by atoms with Gasteiger partial charge in [0.1, 0.15) is 11.1 Å². The Balaban J connectivity index is 1.72. The van der Waals surface area contributed by atoms with E-state index in [0.717, 1.165) is 23.4 Å². The molecule has 3 aromatic carbocycles. The van der Waals surface area contributed by atoms with Gasteiger partial charge in [0.25, 0.3) is 0 Å². The number of halogens is 1. The Bertz CT molecular complexity index is 930. The van der Waals surface area contributed by atoms with Crippen LogP contribution in [-0.2, 0) is 5.75 Å². The predicted octanol–water partition coefficient (Wildman–Crippen LogP) is 6.51. The molecule has 0 radical (unpaired) electrons. The standard InChI is InChI=1S/C23H22BrNOS/c1-26-22-13-7-2-8-17(22)16-27-23-20-11-4-3-9-18(20)19-10-5-6-12-21(19)25(23)15-14-24/h2-13,23H,14-16H2,1H3. The highest BCUT2D eigenvalue weighted by Crippen LogP contribution is 2.49. The summed E-state index contributed by atoms with van der Waals surface area (Å²) in [7, 11) is 1.74. The van der Waals surface area contributed by atoms with Crippen molar-refractivity contribution < 1.29 is 4.74 Å². The molecule has 1 aliphatic heterocycles. The molecule has 0 spiro atoms. The Kier molecular flexibility index (Phi) is 5.74. The molecule has 138 valence electrons. The third kappa shape index (κ3) is 3.61. The minimum absolute atomic E-state index is 0.276. The molecular weight excluding hydrogens is 418 g/mol. The number of hydrogen-bond donors (Lipinski definition) is 0. The van der Waals surface area contributed by atoms with Gasteiger partial charge in [-0.25, -0.2) is 0 Å². The quantitative estimate of drug-likeness (QED) is 0.406. The van der Waals surface area contributed by atoms with E-state index in [0.29, 0.717) is 0 Å². The Morgan fingerprint density at radius 2 is 1.63 bits per heavy atom. The van der Waals surface area contributed by atoms with Gasteiger partial charge in [-0.15, -0.1) is 11.8 Å². The zero-order chi connectivity index (χ0) is 18.6. The van der Waals surface area contributed by atoms with Crippen LogP contribution < -0.4 is 9.64 Å². The Labute approximate surface area is 173 Å². The molecule has 0 aliphatic carbocycles. The van der Waals surface area contributed by atoms with E-state index in [1.807, 2.05) is 23.9 Å². The van der Waals surface area contributed by atoms with Crippen LogP contribution in [0.15, 0.2) is 72.8 Å². The lowest BCUT2D eigenvalue weighted by Gasteiger charge is -2.39. The molecule has 1 unspecified atom stereocenters. The minimum atomic E-state index is 0.276. The molecule has 27 heavy (non-hydrogen) atoms. The summed E-state index contributed by atoms with van der Waals surface area (Å²) in [4.78, 5) is 2.52. The molecule has 1 atom stereocenters. The number of ether oxygens (including phenoxy) is 1. The zero-order valence-electron chi connectivity index (χ0n) is 15.3. The van der Waals surface area contributed by atoms with E-state index >= 15 is 0 Å². The first kappa shape index (κ1) is 18.5. The van der Waals surface area contributed by atoms with Gasteiger partial charge in [0.05, 0.1) is 7.11 Å². The van der Waals surface area contributed by atoms with Crippen molar-refractivity contribution in [3.63, 3.8) is 0 Å². The van der Waals surface area contributed by atoms with Crippen LogP contribution in [0.4, 0.5) is 5.69 Å². The molecule has 4 heteroatoms. The fourth-order valence-corrected chi connectivity index (χ4v) is 5.45. The van der Waals surface area contributed by atoms with Gasteiger partial charge in [0, 0.05) is 34.4 Å². The monoisotopic (exact) mass is 439 g/mol. The van der Waals surface area contributed by atoms with Gasteiger partial charge in [0.15, 0.2) is 0 Å². The number of fused-ring (bicyclic) bond motifs is 3. The topological polar surface area (TPSA) is 12.5 Å². The highest BCUT2D eigenvalue weighted by atomic mass is 79.9. The largest absolute Gasteiger partial charge is 0.496 e. The number of para-hydroxylation sites is 2. The van der Waals surface area contributed by atoms with Crippen LogP contribution in [-0.4, -0.2) is 19.0 Å².